The maximum Gasteiger partial charge on any atom is 0.0992 e. The molecule has 5 heteroatoms. The van der Waals surface area contributed by atoms with Gasteiger partial charge in [-0.15, -0.1) is 0 Å². The SMILES string of the molecule is N#Cc1cccc(N(c2ccccc2)c2ccc3cc4c5cccc6c7cc8ccc(N(c9ccccc9)c9cccc(C#N)c9)cc8cc7n(c4cc3c2)c56)c1. The van der Waals surface area contributed by atoms with Crippen molar-refractivity contribution in [2.75, 3.05) is 9.80 Å². The molecule has 11 aromatic rings. The van der Waals surface area contributed by atoms with E-state index in [-0.39, 0.29) is 0 Å². The summed E-state index contributed by atoms with van der Waals surface area (Å²) in [5.74, 6) is 0. The van der Waals surface area contributed by atoms with Gasteiger partial charge in [-0.25, -0.2) is 0 Å². The molecule has 11 rings (SSSR count). The van der Waals surface area contributed by atoms with Crippen molar-refractivity contribution in [1.29, 1.82) is 10.5 Å². The van der Waals surface area contributed by atoms with Gasteiger partial charge in [-0.1, -0.05) is 78.9 Å². The average Bonchev–Trinajstić information content (AvgIpc) is 3.77. The van der Waals surface area contributed by atoms with E-state index in [2.05, 4.69) is 142 Å². The summed E-state index contributed by atoms with van der Waals surface area (Å²) in [5.41, 5.74) is 10.7. The van der Waals surface area contributed by atoms with Gasteiger partial charge in [0.25, 0.3) is 0 Å². The Bertz CT molecular complexity index is 3220. The van der Waals surface area contributed by atoms with Crippen LogP contribution in [0.15, 0.2) is 188 Å². The highest BCUT2D eigenvalue weighted by Gasteiger charge is 2.21. The Labute approximate surface area is 328 Å². The summed E-state index contributed by atoms with van der Waals surface area (Å²) in [4.78, 5) is 4.43. The number of rotatable bonds is 6. The zero-order valence-electron chi connectivity index (χ0n) is 30.6. The van der Waals surface area contributed by atoms with Crippen molar-refractivity contribution in [2.24, 2.45) is 0 Å². The monoisotopic (exact) mass is 725 g/mol. The van der Waals surface area contributed by atoms with Gasteiger partial charge in [-0.3, -0.25) is 0 Å². The number of aromatic nitrogens is 1. The molecule has 0 amide bonds. The molecule has 0 radical (unpaired) electrons. The predicted molar refractivity (Wildman–Crippen MR) is 235 cm³/mol. The normalized spacial score (nSPS) is 11.5. The molecule has 0 unspecified atom stereocenters. The first-order chi connectivity index (χ1) is 28.1. The minimum Gasteiger partial charge on any atom is -0.310 e. The molecule has 0 aliphatic rings. The van der Waals surface area contributed by atoms with Gasteiger partial charge in [0.05, 0.1) is 39.8 Å². The number of benzene rings is 9. The highest BCUT2D eigenvalue weighted by molar-refractivity contribution is 6.26. The number of hydrogen-bond acceptors (Lipinski definition) is 4. The highest BCUT2D eigenvalue weighted by Crippen LogP contribution is 2.44. The molecule has 0 aliphatic carbocycles. The van der Waals surface area contributed by atoms with Crippen molar-refractivity contribution < 1.29 is 0 Å². The fourth-order valence-electron chi connectivity index (χ4n) is 8.69. The Balaban J connectivity index is 1.12. The Morgan fingerprint density at radius 3 is 1.21 bits per heavy atom. The van der Waals surface area contributed by atoms with E-state index in [0.29, 0.717) is 11.1 Å². The number of anilines is 6. The number of nitrogens with zero attached hydrogens (tertiary/aromatic N) is 5. The smallest absolute Gasteiger partial charge is 0.0992 e. The second-order valence-electron chi connectivity index (χ2n) is 14.5. The van der Waals surface area contributed by atoms with Crippen LogP contribution in [0.4, 0.5) is 34.1 Å². The van der Waals surface area contributed by atoms with Crippen LogP contribution in [0.3, 0.4) is 0 Å². The second kappa shape index (κ2) is 12.7. The van der Waals surface area contributed by atoms with Crippen molar-refractivity contribution in [2.45, 2.75) is 0 Å². The van der Waals surface area contributed by atoms with Crippen molar-refractivity contribution in [3.8, 4) is 12.1 Å². The molecular weight excluding hydrogens is 695 g/mol. The van der Waals surface area contributed by atoms with Crippen LogP contribution in [0, 0.1) is 22.7 Å². The van der Waals surface area contributed by atoms with E-state index in [1.54, 1.807) is 0 Å². The molecule has 0 N–H and O–H groups in total. The Morgan fingerprint density at radius 1 is 0.333 bits per heavy atom. The third kappa shape index (κ3) is 5.15. The molecule has 0 saturated carbocycles. The van der Waals surface area contributed by atoms with E-state index in [0.717, 1.165) is 55.9 Å². The van der Waals surface area contributed by atoms with Crippen molar-refractivity contribution in [3.05, 3.63) is 199 Å². The van der Waals surface area contributed by atoms with Gasteiger partial charge >= 0.3 is 0 Å². The molecule has 0 spiro atoms. The van der Waals surface area contributed by atoms with Crippen molar-refractivity contribution >= 4 is 93.8 Å². The van der Waals surface area contributed by atoms with E-state index in [4.69, 9.17) is 0 Å². The lowest BCUT2D eigenvalue weighted by molar-refractivity contribution is 1.28. The predicted octanol–water partition coefficient (Wildman–Crippen LogP) is 13.8. The fraction of sp³-hybridized carbons (Fsp3) is 0. The molecule has 0 fully saturated rings. The van der Waals surface area contributed by atoms with Crippen LogP contribution in [-0.2, 0) is 0 Å². The van der Waals surface area contributed by atoms with Crippen LogP contribution in [-0.4, -0.2) is 4.40 Å². The standard InChI is InChI=1S/C52H31N5/c53-32-34-10-7-16-42(24-34)55(40-12-3-1-4-13-40)44-22-20-36-28-48-46-18-9-19-47-49-29-37-21-23-45(27-39(37)31-51(49)57(52(46)47)50(48)30-38(36)26-44)56(41-14-5-2-6-15-41)43-17-8-11-35(25-43)33-54/h1-31H. The minimum atomic E-state index is 0.619. The summed E-state index contributed by atoms with van der Waals surface area (Å²) in [6, 6.07) is 70.1. The second-order valence-corrected chi connectivity index (χ2v) is 14.5. The largest absolute Gasteiger partial charge is 0.310 e. The van der Waals surface area contributed by atoms with E-state index in [1.807, 2.05) is 72.8 Å². The molecule has 9 aromatic carbocycles. The third-order valence-corrected chi connectivity index (χ3v) is 11.2. The molecule has 264 valence electrons. The maximum atomic E-state index is 9.74. The Hall–Kier alpha value is -8.12. The van der Waals surface area contributed by atoms with E-state index < -0.39 is 0 Å². The van der Waals surface area contributed by atoms with E-state index in [1.165, 1.54) is 37.8 Å². The summed E-state index contributed by atoms with van der Waals surface area (Å²) in [6.45, 7) is 0. The summed E-state index contributed by atoms with van der Waals surface area (Å²) < 4.78 is 2.45. The fourth-order valence-corrected chi connectivity index (χ4v) is 8.69. The Kier molecular flexibility index (Phi) is 7.22. The van der Waals surface area contributed by atoms with E-state index >= 15 is 0 Å². The highest BCUT2D eigenvalue weighted by atomic mass is 15.1. The van der Waals surface area contributed by atoms with Crippen molar-refractivity contribution in [3.63, 3.8) is 0 Å². The lowest BCUT2D eigenvalue weighted by atomic mass is 10.0. The number of hydrogen-bond donors (Lipinski definition) is 0. The van der Waals surface area contributed by atoms with Gasteiger partial charge in [-0.2, -0.15) is 10.5 Å². The van der Waals surface area contributed by atoms with Crippen LogP contribution >= 0.6 is 0 Å². The van der Waals surface area contributed by atoms with Crippen LogP contribution < -0.4 is 9.80 Å². The number of fused-ring (bicyclic) bond motifs is 8. The molecular formula is C52H31N5. The average molecular weight is 726 g/mol. The lowest BCUT2D eigenvalue weighted by Gasteiger charge is -2.26. The van der Waals surface area contributed by atoms with Crippen LogP contribution in [0.5, 0.6) is 0 Å². The number of para-hydroxylation sites is 3. The summed E-state index contributed by atoms with van der Waals surface area (Å²) in [5, 5.41) is 29.0. The topological polar surface area (TPSA) is 58.5 Å². The maximum absolute atomic E-state index is 9.74. The Morgan fingerprint density at radius 2 is 0.754 bits per heavy atom. The quantitative estimate of drug-likeness (QED) is 0.171. The van der Waals surface area contributed by atoms with Crippen LogP contribution in [0.2, 0.25) is 0 Å². The van der Waals surface area contributed by atoms with Gasteiger partial charge in [0, 0.05) is 55.7 Å². The lowest BCUT2D eigenvalue weighted by Crippen LogP contribution is -2.10. The van der Waals surface area contributed by atoms with Gasteiger partial charge in [0.2, 0.25) is 0 Å². The zero-order valence-corrected chi connectivity index (χ0v) is 30.6. The third-order valence-electron chi connectivity index (χ3n) is 11.2. The molecule has 57 heavy (non-hydrogen) atoms. The molecule has 0 aliphatic heterocycles. The van der Waals surface area contributed by atoms with Crippen molar-refractivity contribution in [1.82, 2.24) is 4.40 Å². The number of nitriles is 2. The zero-order chi connectivity index (χ0) is 38.0. The summed E-state index contributed by atoms with van der Waals surface area (Å²) >= 11 is 0. The van der Waals surface area contributed by atoms with Gasteiger partial charge in [0.15, 0.2) is 0 Å². The summed E-state index contributed by atoms with van der Waals surface area (Å²) in [7, 11) is 0. The van der Waals surface area contributed by atoms with Gasteiger partial charge < -0.3 is 14.2 Å². The minimum absolute atomic E-state index is 0.619. The molecule has 2 heterocycles. The molecule has 2 aromatic heterocycles. The van der Waals surface area contributed by atoms with Crippen LogP contribution in [0.25, 0.3) is 59.6 Å². The molecule has 5 nitrogen and oxygen atoms in total. The van der Waals surface area contributed by atoms with Crippen LogP contribution in [0.1, 0.15) is 11.1 Å². The first kappa shape index (κ1) is 32.3. The first-order valence-corrected chi connectivity index (χ1v) is 19.0. The first-order valence-electron chi connectivity index (χ1n) is 19.0. The summed E-state index contributed by atoms with van der Waals surface area (Å²) in [6.07, 6.45) is 0. The molecule has 0 bridgehead atoms. The molecule has 0 saturated heterocycles. The van der Waals surface area contributed by atoms with Gasteiger partial charge in [0.1, 0.15) is 0 Å². The van der Waals surface area contributed by atoms with E-state index in [9.17, 15) is 10.5 Å². The van der Waals surface area contributed by atoms with Gasteiger partial charge in [-0.05, 0) is 131 Å². The molecule has 0 atom stereocenters.